The van der Waals surface area contributed by atoms with Crippen molar-refractivity contribution in [3.63, 3.8) is 0 Å². The van der Waals surface area contributed by atoms with Crippen LogP contribution < -0.4 is 0 Å². The average Bonchev–Trinajstić information content (AvgIpc) is 3.09. The second kappa shape index (κ2) is 6.18. The minimum absolute atomic E-state index is 0.417. The van der Waals surface area contributed by atoms with Gasteiger partial charge >= 0.3 is 0 Å². The molecular weight excluding hydrogens is 324 g/mol. The van der Waals surface area contributed by atoms with Crippen molar-refractivity contribution in [1.29, 1.82) is 0 Å². The molecule has 0 saturated carbocycles. The lowest BCUT2D eigenvalue weighted by Gasteiger charge is -2.52. The van der Waals surface area contributed by atoms with Crippen molar-refractivity contribution in [2.75, 3.05) is 0 Å². The molecule has 1 N–H and O–H groups in total. The number of piperidine rings is 2. The summed E-state index contributed by atoms with van der Waals surface area (Å²) in [5.41, 5.74) is 2.25. The third-order valence-electron chi connectivity index (χ3n) is 6.16. The predicted molar refractivity (Wildman–Crippen MR) is 99.5 cm³/mol. The van der Waals surface area contributed by atoms with Gasteiger partial charge in [0.2, 0.25) is 0 Å². The fraction of sp³-hybridized carbons (Fsp3) is 0.429. The monoisotopic (exact) mass is 348 g/mol. The second-order valence-corrected chi connectivity index (χ2v) is 7.78. The molecule has 2 unspecified atom stereocenters. The maximum Gasteiger partial charge on any atom is 0.155 e. The number of aliphatic hydroxyl groups is 1. The number of aromatic nitrogens is 3. The molecule has 1 aromatic carbocycles. The van der Waals surface area contributed by atoms with Crippen LogP contribution in [0.4, 0.5) is 0 Å². The van der Waals surface area contributed by atoms with E-state index in [0.717, 1.165) is 43.6 Å². The summed E-state index contributed by atoms with van der Waals surface area (Å²) in [5, 5.41) is 11.6. The lowest BCUT2D eigenvalue weighted by Crippen LogP contribution is -2.56. The Labute approximate surface area is 153 Å². The molecule has 2 bridgehead atoms. The first kappa shape index (κ1) is 16.0. The summed E-state index contributed by atoms with van der Waals surface area (Å²) >= 11 is 0. The zero-order valence-electron chi connectivity index (χ0n) is 14.8. The summed E-state index contributed by atoms with van der Waals surface area (Å²) in [6, 6.07) is 11.5. The Balaban J connectivity index is 1.46. The fourth-order valence-corrected chi connectivity index (χ4v) is 4.97. The Bertz CT molecular complexity index is 893. The van der Waals surface area contributed by atoms with Gasteiger partial charge in [0.15, 0.2) is 5.65 Å². The van der Waals surface area contributed by atoms with Crippen molar-refractivity contribution in [2.24, 2.45) is 0 Å². The summed E-state index contributed by atoms with van der Waals surface area (Å²) in [5.74, 6) is 0. The average molecular weight is 348 g/mol. The summed E-state index contributed by atoms with van der Waals surface area (Å²) in [6.45, 7) is 0.976. The van der Waals surface area contributed by atoms with Gasteiger partial charge in [-0.3, -0.25) is 14.3 Å². The Hall–Kier alpha value is -2.24. The van der Waals surface area contributed by atoms with Crippen LogP contribution in [0.1, 0.15) is 43.4 Å². The highest BCUT2D eigenvalue weighted by atomic mass is 16.3. The molecule has 2 atom stereocenters. The number of imidazole rings is 1. The largest absolute Gasteiger partial charge is 0.383 e. The van der Waals surface area contributed by atoms with Crippen LogP contribution in [0.5, 0.6) is 0 Å². The van der Waals surface area contributed by atoms with E-state index < -0.39 is 5.60 Å². The molecule has 2 fully saturated rings. The van der Waals surface area contributed by atoms with Crippen molar-refractivity contribution < 1.29 is 5.11 Å². The molecule has 2 aliphatic heterocycles. The van der Waals surface area contributed by atoms with Gasteiger partial charge in [0.05, 0.1) is 18.1 Å². The van der Waals surface area contributed by atoms with Gasteiger partial charge in [-0.15, -0.1) is 0 Å². The topological polar surface area (TPSA) is 53.7 Å². The van der Waals surface area contributed by atoms with E-state index in [0.29, 0.717) is 12.1 Å². The Morgan fingerprint density at radius 3 is 2.62 bits per heavy atom. The highest BCUT2D eigenvalue weighted by Crippen LogP contribution is 2.44. The van der Waals surface area contributed by atoms with Gasteiger partial charge in [0.1, 0.15) is 5.60 Å². The zero-order chi connectivity index (χ0) is 17.6. The third-order valence-corrected chi connectivity index (χ3v) is 6.16. The molecule has 0 spiro atoms. The molecular formula is C21H24N4O. The van der Waals surface area contributed by atoms with Crippen LogP contribution in [0.25, 0.3) is 5.65 Å². The zero-order valence-corrected chi connectivity index (χ0v) is 14.8. The van der Waals surface area contributed by atoms with E-state index in [1.54, 1.807) is 12.4 Å². The van der Waals surface area contributed by atoms with Crippen LogP contribution in [-0.4, -0.2) is 36.5 Å². The summed E-state index contributed by atoms with van der Waals surface area (Å²) < 4.78 is 2.00. The molecule has 4 heterocycles. The second-order valence-electron chi connectivity index (χ2n) is 7.78. The van der Waals surface area contributed by atoms with E-state index in [-0.39, 0.29) is 0 Å². The van der Waals surface area contributed by atoms with Gasteiger partial charge in [-0.1, -0.05) is 36.8 Å². The summed E-state index contributed by atoms with van der Waals surface area (Å²) in [7, 11) is 0. The molecule has 3 aromatic rings. The van der Waals surface area contributed by atoms with Gasteiger partial charge in [0.25, 0.3) is 0 Å². The van der Waals surface area contributed by atoms with Gasteiger partial charge in [-0.2, -0.15) is 0 Å². The van der Waals surface area contributed by atoms with Gasteiger partial charge in [-0.05, 0) is 31.2 Å². The fourth-order valence-electron chi connectivity index (χ4n) is 4.97. The van der Waals surface area contributed by atoms with Crippen molar-refractivity contribution in [3.05, 3.63) is 66.4 Å². The minimum atomic E-state index is -0.816. The van der Waals surface area contributed by atoms with Gasteiger partial charge < -0.3 is 5.11 Å². The third kappa shape index (κ3) is 2.63. The molecule has 2 aromatic heterocycles. The normalized spacial score (nSPS) is 29.1. The maximum absolute atomic E-state index is 11.6. The van der Waals surface area contributed by atoms with E-state index in [4.69, 9.17) is 0 Å². The summed E-state index contributed by atoms with van der Waals surface area (Å²) in [6.07, 6.45) is 12.4. The lowest BCUT2D eigenvalue weighted by atomic mass is 9.74. The molecule has 0 amide bonds. The first-order valence-electron chi connectivity index (χ1n) is 9.52. The van der Waals surface area contributed by atoms with E-state index in [1.807, 2.05) is 16.8 Å². The Morgan fingerprint density at radius 2 is 1.85 bits per heavy atom. The molecule has 2 aliphatic rings. The van der Waals surface area contributed by atoms with Crippen molar-refractivity contribution in [3.8, 4) is 0 Å². The van der Waals surface area contributed by atoms with Crippen LogP contribution in [-0.2, 0) is 12.1 Å². The van der Waals surface area contributed by atoms with Crippen LogP contribution in [0.15, 0.2) is 55.1 Å². The van der Waals surface area contributed by atoms with Crippen molar-refractivity contribution in [2.45, 2.75) is 56.3 Å². The van der Waals surface area contributed by atoms with Crippen molar-refractivity contribution >= 4 is 5.65 Å². The molecule has 5 rings (SSSR count). The quantitative estimate of drug-likeness (QED) is 0.790. The first-order chi connectivity index (χ1) is 12.7. The van der Waals surface area contributed by atoms with Crippen LogP contribution in [0.2, 0.25) is 0 Å². The maximum atomic E-state index is 11.6. The van der Waals surface area contributed by atoms with Crippen molar-refractivity contribution in [1.82, 2.24) is 19.3 Å². The molecule has 134 valence electrons. The molecule has 0 radical (unpaired) electrons. The summed E-state index contributed by atoms with van der Waals surface area (Å²) in [4.78, 5) is 11.2. The number of benzene rings is 1. The molecule has 0 aliphatic carbocycles. The molecule has 5 heteroatoms. The highest BCUT2D eigenvalue weighted by Gasteiger charge is 2.47. The smallest absolute Gasteiger partial charge is 0.155 e. The first-order valence-corrected chi connectivity index (χ1v) is 9.52. The van der Waals surface area contributed by atoms with Crippen LogP contribution in [0, 0.1) is 0 Å². The molecule has 26 heavy (non-hydrogen) atoms. The molecule has 5 nitrogen and oxygen atoms in total. The number of rotatable bonds is 3. The van der Waals surface area contributed by atoms with Crippen LogP contribution in [0.3, 0.4) is 0 Å². The molecule has 2 saturated heterocycles. The van der Waals surface area contributed by atoms with Gasteiger partial charge in [0, 0.05) is 31.0 Å². The number of hydrogen-bond donors (Lipinski definition) is 1. The Kier molecular flexibility index (Phi) is 3.80. The van der Waals surface area contributed by atoms with E-state index >= 15 is 0 Å². The van der Waals surface area contributed by atoms with E-state index in [2.05, 4.69) is 45.2 Å². The van der Waals surface area contributed by atoms with Crippen LogP contribution >= 0.6 is 0 Å². The van der Waals surface area contributed by atoms with E-state index in [1.165, 1.54) is 12.0 Å². The number of hydrogen-bond acceptors (Lipinski definition) is 4. The number of nitrogens with zero attached hydrogens (tertiary/aromatic N) is 4. The number of fused-ring (bicyclic) bond motifs is 3. The van der Waals surface area contributed by atoms with E-state index in [9.17, 15) is 5.11 Å². The highest BCUT2D eigenvalue weighted by molar-refractivity contribution is 5.39. The predicted octanol–water partition coefficient (Wildman–Crippen LogP) is 3.13. The Morgan fingerprint density at radius 1 is 1.08 bits per heavy atom. The minimum Gasteiger partial charge on any atom is -0.383 e. The SMILES string of the molecule is OC1(c2cnc3cnccn23)CC2CCCC(C1)N2Cc1ccccc1. The lowest BCUT2D eigenvalue weighted by molar-refractivity contribution is -0.102. The standard InChI is InChI=1S/C21H24N4O/c26-21(19-13-23-20-14-22-9-10-24(19)20)11-17-7-4-8-18(12-21)25(17)15-16-5-2-1-3-6-16/h1-3,5-6,9-10,13-14,17-18,26H,4,7-8,11-12,15H2. The van der Waals surface area contributed by atoms with Gasteiger partial charge in [-0.25, -0.2) is 4.98 Å².